The Bertz CT molecular complexity index is 416. The van der Waals surface area contributed by atoms with Crippen molar-refractivity contribution in [3.05, 3.63) is 11.7 Å². The Kier molecular flexibility index (Phi) is 3.96. The van der Waals surface area contributed by atoms with Crippen LogP contribution in [0.2, 0.25) is 0 Å². The van der Waals surface area contributed by atoms with Crippen molar-refractivity contribution in [2.45, 2.75) is 32.2 Å². The predicted molar refractivity (Wildman–Crippen MR) is 65.9 cm³/mol. The van der Waals surface area contributed by atoms with Gasteiger partial charge < -0.3 is 14.3 Å². The number of nitrogens with zero attached hydrogens (tertiary/aromatic N) is 4. The van der Waals surface area contributed by atoms with Crippen molar-refractivity contribution in [2.24, 2.45) is 0 Å². The summed E-state index contributed by atoms with van der Waals surface area (Å²) < 4.78 is 5.02. The Morgan fingerprint density at radius 3 is 2.89 bits per heavy atom. The summed E-state index contributed by atoms with van der Waals surface area (Å²) in [6.45, 7) is 2.98. The third kappa shape index (κ3) is 2.87. The van der Waals surface area contributed by atoms with E-state index < -0.39 is 0 Å². The first-order chi connectivity index (χ1) is 8.58. The third-order valence-corrected chi connectivity index (χ3v) is 3.12. The lowest BCUT2D eigenvalue weighted by molar-refractivity contribution is -0.135. The second-order valence-corrected chi connectivity index (χ2v) is 5.01. The summed E-state index contributed by atoms with van der Waals surface area (Å²) in [5, 5.41) is 3.96. The van der Waals surface area contributed by atoms with E-state index in [1.807, 2.05) is 23.9 Å². The summed E-state index contributed by atoms with van der Waals surface area (Å²) in [6, 6.07) is -0.0244. The van der Waals surface area contributed by atoms with Gasteiger partial charge in [0.05, 0.1) is 12.6 Å². The number of likely N-dealkylation sites (tertiary alicyclic amines) is 1. The van der Waals surface area contributed by atoms with Gasteiger partial charge in [-0.1, -0.05) is 5.16 Å². The summed E-state index contributed by atoms with van der Waals surface area (Å²) in [5.41, 5.74) is 0. The standard InChI is InChI=1S/C12H20N4O2/c1-9-13-12(14-18-9)10-6-4-5-7-16(10)11(17)8-15(2)3/h10H,4-8H2,1-3H3. The lowest BCUT2D eigenvalue weighted by Gasteiger charge is -2.34. The van der Waals surface area contributed by atoms with E-state index in [9.17, 15) is 4.79 Å². The normalized spacial score (nSPS) is 20.4. The highest BCUT2D eigenvalue weighted by Crippen LogP contribution is 2.29. The maximum atomic E-state index is 12.2. The van der Waals surface area contributed by atoms with E-state index in [1.54, 1.807) is 6.92 Å². The van der Waals surface area contributed by atoms with Crippen molar-refractivity contribution in [1.29, 1.82) is 0 Å². The molecular weight excluding hydrogens is 232 g/mol. The molecule has 2 rings (SSSR count). The van der Waals surface area contributed by atoms with Crippen LogP contribution in [0.3, 0.4) is 0 Å². The molecule has 1 aromatic heterocycles. The van der Waals surface area contributed by atoms with Crippen LogP contribution in [0.1, 0.15) is 37.0 Å². The topological polar surface area (TPSA) is 62.5 Å². The van der Waals surface area contributed by atoms with E-state index in [4.69, 9.17) is 4.52 Å². The summed E-state index contributed by atoms with van der Waals surface area (Å²) in [4.78, 5) is 20.2. The number of hydrogen-bond donors (Lipinski definition) is 0. The molecule has 0 saturated carbocycles. The highest BCUT2D eigenvalue weighted by Gasteiger charge is 2.31. The van der Waals surface area contributed by atoms with Gasteiger partial charge in [0.25, 0.3) is 0 Å². The lowest BCUT2D eigenvalue weighted by atomic mass is 10.0. The van der Waals surface area contributed by atoms with Gasteiger partial charge in [-0.25, -0.2) is 0 Å². The molecule has 0 aliphatic carbocycles. The SMILES string of the molecule is Cc1nc(C2CCCCN2C(=O)CN(C)C)no1. The Balaban J connectivity index is 2.13. The monoisotopic (exact) mass is 252 g/mol. The fourth-order valence-electron chi connectivity index (χ4n) is 2.31. The molecular formula is C12H20N4O2. The number of aromatic nitrogens is 2. The molecule has 1 fully saturated rings. The van der Waals surface area contributed by atoms with Crippen molar-refractivity contribution >= 4 is 5.91 Å². The average Bonchev–Trinajstić information content (AvgIpc) is 2.75. The van der Waals surface area contributed by atoms with Gasteiger partial charge in [-0.05, 0) is 33.4 Å². The molecule has 1 atom stereocenters. The minimum atomic E-state index is -0.0244. The Labute approximate surface area is 107 Å². The van der Waals surface area contributed by atoms with Gasteiger partial charge in [0.1, 0.15) is 0 Å². The maximum Gasteiger partial charge on any atom is 0.237 e. The van der Waals surface area contributed by atoms with Gasteiger partial charge in [-0.2, -0.15) is 4.98 Å². The molecule has 6 heteroatoms. The van der Waals surface area contributed by atoms with Crippen LogP contribution in [0.4, 0.5) is 0 Å². The van der Waals surface area contributed by atoms with Gasteiger partial charge in [-0.15, -0.1) is 0 Å². The zero-order valence-corrected chi connectivity index (χ0v) is 11.2. The first-order valence-electron chi connectivity index (χ1n) is 6.32. The molecule has 0 aromatic carbocycles. The summed E-state index contributed by atoms with van der Waals surface area (Å²) in [5.74, 6) is 1.32. The quantitative estimate of drug-likeness (QED) is 0.803. The van der Waals surface area contributed by atoms with E-state index in [2.05, 4.69) is 10.1 Å². The van der Waals surface area contributed by atoms with Crippen LogP contribution < -0.4 is 0 Å². The van der Waals surface area contributed by atoms with Crippen molar-refractivity contribution in [1.82, 2.24) is 19.9 Å². The van der Waals surface area contributed by atoms with E-state index in [0.29, 0.717) is 18.3 Å². The Hall–Kier alpha value is -1.43. The highest BCUT2D eigenvalue weighted by molar-refractivity contribution is 5.78. The van der Waals surface area contributed by atoms with Crippen LogP contribution in [0.15, 0.2) is 4.52 Å². The molecule has 1 aliphatic heterocycles. The lowest BCUT2D eigenvalue weighted by Crippen LogP contribution is -2.43. The minimum absolute atomic E-state index is 0.0244. The van der Waals surface area contributed by atoms with Crippen molar-refractivity contribution in [3.8, 4) is 0 Å². The minimum Gasteiger partial charge on any atom is -0.340 e. The summed E-state index contributed by atoms with van der Waals surface area (Å²) >= 11 is 0. The molecule has 100 valence electrons. The summed E-state index contributed by atoms with van der Waals surface area (Å²) in [7, 11) is 3.80. The van der Waals surface area contributed by atoms with Crippen LogP contribution in [0.25, 0.3) is 0 Å². The molecule has 1 aliphatic rings. The number of hydrogen-bond acceptors (Lipinski definition) is 5. The Morgan fingerprint density at radius 2 is 2.28 bits per heavy atom. The van der Waals surface area contributed by atoms with Gasteiger partial charge in [-0.3, -0.25) is 4.79 Å². The van der Waals surface area contributed by atoms with Crippen molar-refractivity contribution in [3.63, 3.8) is 0 Å². The number of carbonyl (C=O) groups excluding carboxylic acids is 1. The fraction of sp³-hybridized carbons (Fsp3) is 0.750. The first-order valence-corrected chi connectivity index (χ1v) is 6.32. The van der Waals surface area contributed by atoms with Crippen LogP contribution in [0, 0.1) is 6.92 Å². The van der Waals surface area contributed by atoms with Gasteiger partial charge in [0.15, 0.2) is 5.82 Å². The van der Waals surface area contributed by atoms with Crippen molar-refractivity contribution in [2.75, 3.05) is 27.2 Å². The molecule has 18 heavy (non-hydrogen) atoms. The number of rotatable bonds is 3. The molecule has 1 aromatic rings. The molecule has 1 amide bonds. The zero-order chi connectivity index (χ0) is 13.1. The number of aryl methyl sites for hydroxylation is 1. The van der Waals surface area contributed by atoms with E-state index >= 15 is 0 Å². The molecule has 1 saturated heterocycles. The molecule has 0 radical (unpaired) electrons. The van der Waals surface area contributed by atoms with Crippen LogP contribution >= 0.6 is 0 Å². The van der Waals surface area contributed by atoms with E-state index in [0.717, 1.165) is 25.8 Å². The second kappa shape index (κ2) is 5.48. The van der Waals surface area contributed by atoms with E-state index in [1.165, 1.54) is 0 Å². The largest absolute Gasteiger partial charge is 0.340 e. The average molecular weight is 252 g/mol. The fourth-order valence-corrected chi connectivity index (χ4v) is 2.31. The van der Waals surface area contributed by atoms with Gasteiger partial charge >= 0.3 is 0 Å². The number of amides is 1. The Morgan fingerprint density at radius 1 is 1.50 bits per heavy atom. The smallest absolute Gasteiger partial charge is 0.237 e. The summed E-state index contributed by atoms with van der Waals surface area (Å²) in [6.07, 6.45) is 3.06. The maximum absolute atomic E-state index is 12.2. The van der Waals surface area contributed by atoms with Crippen LogP contribution in [0.5, 0.6) is 0 Å². The molecule has 2 heterocycles. The third-order valence-electron chi connectivity index (χ3n) is 3.12. The van der Waals surface area contributed by atoms with Crippen LogP contribution in [-0.4, -0.2) is 53.0 Å². The molecule has 0 spiro atoms. The number of carbonyl (C=O) groups is 1. The van der Waals surface area contributed by atoms with E-state index in [-0.39, 0.29) is 11.9 Å². The molecule has 1 unspecified atom stereocenters. The van der Waals surface area contributed by atoms with Crippen LogP contribution in [-0.2, 0) is 4.79 Å². The number of likely N-dealkylation sites (N-methyl/N-ethyl adjacent to an activating group) is 1. The molecule has 0 N–H and O–H groups in total. The van der Waals surface area contributed by atoms with Crippen molar-refractivity contribution < 1.29 is 9.32 Å². The first kappa shape index (κ1) is 13.0. The predicted octanol–water partition coefficient (Wildman–Crippen LogP) is 0.993. The van der Waals surface area contributed by atoms with Gasteiger partial charge in [0.2, 0.25) is 11.8 Å². The zero-order valence-electron chi connectivity index (χ0n) is 11.2. The molecule has 6 nitrogen and oxygen atoms in total. The number of piperidine rings is 1. The highest BCUT2D eigenvalue weighted by atomic mass is 16.5. The second-order valence-electron chi connectivity index (χ2n) is 5.01. The molecule has 0 bridgehead atoms. The van der Waals surface area contributed by atoms with Gasteiger partial charge in [0, 0.05) is 13.5 Å².